The predicted molar refractivity (Wildman–Crippen MR) is 110 cm³/mol. The van der Waals surface area contributed by atoms with E-state index in [1.165, 1.54) is 5.56 Å². The largest absolute Gasteiger partial charge is 0.342 e. The van der Waals surface area contributed by atoms with Gasteiger partial charge in [0.1, 0.15) is 5.82 Å². The maximum absolute atomic E-state index is 12.9. The number of piperidine rings is 1. The molecule has 2 aromatic carbocycles. The summed E-state index contributed by atoms with van der Waals surface area (Å²) in [6.07, 6.45) is 2.96. The summed E-state index contributed by atoms with van der Waals surface area (Å²) < 4.78 is 1.09. The summed E-state index contributed by atoms with van der Waals surface area (Å²) in [5.41, 5.74) is 3.41. The second kappa shape index (κ2) is 6.79. The van der Waals surface area contributed by atoms with Gasteiger partial charge in [-0.15, -0.1) is 0 Å². The van der Waals surface area contributed by atoms with Crippen LogP contribution in [0.4, 0.5) is 0 Å². The third-order valence-electron chi connectivity index (χ3n) is 6.01. The molecule has 1 aliphatic heterocycles. The fourth-order valence-electron chi connectivity index (χ4n) is 4.32. The molecule has 1 amide bonds. The SMILES string of the molecule is O=C(C1CC1c1ccc(Br)cc1)N1CCC(c2nc3ccccc3[nH]2)CC1. The Morgan fingerprint density at radius 3 is 2.56 bits per heavy atom. The minimum atomic E-state index is 0.175. The number of amides is 1. The van der Waals surface area contributed by atoms with Crippen molar-refractivity contribution in [2.45, 2.75) is 31.1 Å². The topological polar surface area (TPSA) is 49.0 Å². The molecule has 3 aromatic rings. The third kappa shape index (κ3) is 3.29. The standard InChI is InChI=1S/C22H22BrN3O/c23-16-7-5-14(6-8-16)17-13-18(17)22(27)26-11-9-15(10-12-26)21-24-19-3-1-2-4-20(19)25-21/h1-8,15,17-18H,9-13H2,(H,24,25). The number of carbonyl (C=O) groups excluding carboxylic acids is 1. The first-order chi connectivity index (χ1) is 13.2. The molecule has 1 saturated heterocycles. The molecule has 2 fully saturated rings. The Kier molecular flexibility index (Phi) is 4.27. The highest BCUT2D eigenvalue weighted by Crippen LogP contribution is 2.49. The zero-order valence-corrected chi connectivity index (χ0v) is 16.7. The van der Waals surface area contributed by atoms with Gasteiger partial charge in [-0.2, -0.15) is 0 Å². The summed E-state index contributed by atoms with van der Waals surface area (Å²) >= 11 is 3.47. The lowest BCUT2D eigenvalue weighted by molar-refractivity contribution is -0.133. The lowest BCUT2D eigenvalue weighted by Gasteiger charge is -2.31. The summed E-state index contributed by atoms with van der Waals surface area (Å²) in [5.74, 6) is 2.41. The van der Waals surface area contributed by atoms with E-state index < -0.39 is 0 Å². The number of benzene rings is 2. The van der Waals surface area contributed by atoms with Crippen LogP contribution in [0.2, 0.25) is 0 Å². The fourth-order valence-corrected chi connectivity index (χ4v) is 4.58. The van der Waals surface area contributed by atoms with Crippen LogP contribution < -0.4 is 0 Å². The van der Waals surface area contributed by atoms with Crippen LogP contribution in [-0.4, -0.2) is 33.9 Å². The molecule has 0 spiro atoms. The van der Waals surface area contributed by atoms with Crippen LogP contribution in [0.3, 0.4) is 0 Å². The molecular formula is C22H22BrN3O. The number of imidazole rings is 1. The normalized spacial score (nSPS) is 22.9. The molecule has 27 heavy (non-hydrogen) atoms. The summed E-state index contributed by atoms with van der Waals surface area (Å²) in [6.45, 7) is 1.67. The molecule has 1 aliphatic carbocycles. The lowest BCUT2D eigenvalue weighted by atomic mass is 9.95. The first kappa shape index (κ1) is 17.0. The Bertz CT molecular complexity index is 940. The molecule has 5 rings (SSSR count). The van der Waals surface area contributed by atoms with Gasteiger partial charge in [-0.1, -0.05) is 40.2 Å². The number of likely N-dealkylation sites (tertiary alicyclic amines) is 1. The van der Waals surface area contributed by atoms with E-state index in [0.717, 1.165) is 53.7 Å². The monoisotopic (exact) mass is 423 g/mol. The molecule has 1 saturated carbocycles. The quantitative estimate of drug-likeness (QED) is 0.655. The minimum absolute atomic E-state index is 0.175. The number of halogens is 1. The van der Waals surface area contributed by atoms with E-state index in [1.54, 1.807) is 0 Å². The van der Waals surface area contributed by atoms with Crippen molar-refractivity contribution in [2.24, 2.45) is 5.92 Å². The first-order valence-electron chi connectivity index (χ1n) is 9.68. The number of nitrogens with zero attached hydrogens (tertiary/aromatic N) is 2. The molecule has 4 nitrogen and oxygen atoms in total. The molecule has 0 radical (unpaired) electrons. The molecule has 1 N–H and O–H groups in total. The van der Waals surface area contributed by atoms with Crippen molar-refractivity contribution in [2.75, 3.05) is 13.1 Å². The van der Waals surface area contributed by atoms with Gasteiger partial charge in [0.2, 0.25) is 5.91 Å². The molecule has 0 bridgehead atoms. The van der Waals surface area contributed by atoms with Gasteiger partial charge in [-0.25, -0.2) is 4.98 Å². The Balaban J connectivity index is 1.20. The van der Waals surface area contributed by atoms with E-state index in [0.29, 0.717) is 17.7 Å². The van der Waals surface area contributed by atoms with E-state index in [1.807, 2.05) is 18.2 Å². The summed E-state index contributed by atoms with van der Waals surface area (Å²) in [5, 5.41) is 0. The van der Waals surface area contributed by atoms with Gasteiger partial charge >= 0.3 is 0 Å². The fraction of sp³-hybridized carbons (Fsp3) is 0.364. The van der Waals surface area contributed by atoms with Gasteiger partial charge in [0.05, 0.1) is 11.0 Å². The van der Waals surface area contributed by atoms with Crippen LogP contribution >= 0.6 is 15.9 Å². The summed E-state index contributed by atoms with van der Waals surface area (Å²) in [7, 11) is 0. The van der Waals surface area contributed by atoms with Crippen LogP contribution in [0.5, 0.6) is 0 Å². The number of rotatable bonds is 3. The molecule has 2 heterocycles. The van der Waals surface area contributed by atoms with Crippen molar-refractivity contribution >= 4 is 32.9 Å². The van der Waals surface area contributed by atoms with Gasteiger partial charge in [-0.05, 0) is 55.0 Å². The average molecular weight is 424 g/mol. The zero-order chi connectivity index (χ0) is 18.4. The van der Waals surface area contributed by atoms with Crippen molar-refractivity contribution in [1.29, 1.82) is 0 Å². The number of aromatic nitrogens is 2. The van der Waals surface area contributed by atoms with Crippen molar-refractivity contribution < 1.29 is 4.79 Å². The van der Waals surface area contributed by atoms with Crippen molar-refractivity contribution in [3.63, 3.8) is 0 Å². The van der Waals surface area contributed by atoms with Crippen molar-refractivity contribution in [1.82, 2.24) is 14.9 Å². The Hall–Kier alpha value is -2.14. The number of hydrogen-bond donors (Lipinski definition) is 1. The number of H-pyrrole nitrogens is 1. The second-order valence-corrected chi connectivity index (χ2v) is 8.65. The van der Waals surface area contributed by atoms with Gasteiger partial charge in [0.25, 0.3) is 0 Å². The van der Waals surface area contributed by atoms with E-state index in [4.69, 9.17) is 4.98 Å². The number of fused-ring (bicyclic) bond motifs is 1. The van der Waals surface area contributed by atoms with Crippen LogP contribution in [0.15, 0.2) is 53.0 Å². The number of para-hydroxylation sites is 2. The maximum Gasteiger partial charge on any atom is 0.226 e. The number of carbonyl (C=O) groups is 1. The van der Waals surface area contributed by atoms with Crippen LogP contribution in [-0.2, 0) is 4.79 Å². The number of aromatic amines is 1. The van der Waals surface area contributed by atoms with Gasteiger partial charge in [-0.3, -0.25) is 4.79 Å². The number of hydrogen-bond acceptors (Lipinski definition) is 2. The van der Waals surface area contributed by atoms with Crippen molar-refractivity contribution in [3.8, 4) is 0 Å². The highest BCUT2D eigenvalue weighted by Gasteiger charge is 2.46. The predicted octanol–water partition coefficient (Wildman–Crippen LogP) is 4.84. The Morgan fingerprint density at radius 1 is 1.07 bits per heavy atom. The molecule has 138 valence electrons. The average Bonchev–Trinajstić information content (AvgIpc) is 3.38. The molecule has 2 unspecified atom stereocenters. The van der Waals surface area contributed by atoms with Gasteiger partial charge in [0, 0.05) is 29.4 Å². The third-order valence-corrected chi connectivity index (χ3v) is 6.54. The van der Waals surface area contributed by atoms with E-state index in [9.17, 15) is 4.79 Å². The minimum Gasteiger partial charge on any atom is -0.342 e. The van der Waals surface area contributed by atoms with Gasteiger partial charge in [0.15, 0.2) is 0 Å². The van der Waals surface area contributed by atoms with Crippen molar-refractivity contribution in [3.05, 3.63) is 64.4 Å². The van der Waals surface area contributed by atoms with Crippen LogP contribution in [0.1, 0.15) is 42.5 Å². The van der Waals surface area contributed by atoms with Crippen LogP contribution in [0, 0.1) is 5.92 Å². The zero-order valence-electron chi connectivity index (χ0n) is 15.1. The number of nitrogens with one attached hydrogen (secondary N) is 1. The Labute approximate surface area is 167 Å². The maximum atomic E-state index is 12.9. The van der Waals surface area contributed by atoms with Crippen LogP contribution in [0.25, 0.3) is 11.0 Å². The molecule has 5 heteroatoms. The van der Waals surface area contributed by atoms with E-state index in [-0.39, 0.29) is 5.92 Å². The first-order valence-corrected chi connectivity index (χ1v) is 10.5. The highest BCUT2D eigenvalue weighted by molar-refractivity contribution is 9.10. The molecule has 2 aliphatic rings. The smallest absolute Gasteiger partial charge is 0.226 e. The summed E-state index contributed by atoms with van der Waals surface area (Å²) in [6, 6.07) is 16.6. The lowest BCUT2D eigenvalue weighted by Crippen LogP contribution is -2.39. The summed E-state index contributed by atoms with van der Waals surface area (Å²) in [4.78, 5) is 23.2. The van der Waals surface area contributed by atoms with E-state index in [2.05, 4.69) is 56.1 Å². The molecule has 2 atom stereocenters. The highest BCUT2D eigenvalue weighted by atomic mass is 79.9. The van der Waals surface area contributed by atoms with E-state index >= 15 is 0 Å². The molecule has 1 aromatic heterocycles. The van der Waals surface area contributed by atoms with Gasteiger partial charge < -0.3 is 9.88 Å². The Morgan fingerprint density at radius 2 is 1.81 bits per heavy atom. The molecular weight excluding hydrogens is 402 g/mol. The second-order valence-electron chi connectivity index (χ2n) is 7.74.